The topological polar surface area (TPSA) is 66.8 Å². The molecule has 1 fully saturated rings. The number of ketones is 1. The van der Waals surface area contributed by atoms with Gasteiger partial charge in [0.2, 0.25) is 0 Å². The highest BCUT2D eigenvalue weighted by atomic mass is 16.5. The van der Waals surface area contributed by atoms with Crippen molar-refractivity contribution in [2.75, 3.05) is 7.11 Å². The van der Waals surface area contributed by atoms with Crippen LogP contribution in [-0.4, -0.2) is 29.2 Å². The third-order valence-electron chi connectivity index (χ3n) is 6.81. The molecule has 0 aliphatic heterocycles. The molecule has 1 saturated carbocycles. The predicted molar refractivity (Wildman–Crippen MR) is 102 cm³/mol. The number of hydrogen-bond donors (Lipinski definition) is 2. The van der Waals surface area contributed by atoms with Gasteiger partial charge in [0.1, 0.15) is 0 Å². The van der Waals surface area contributed by atoms with E-state index < -0.39 is 6.10 Å². The molecule has 1 aromatic carbocycles. The van der Waals surface area contributed by atoms with Crippen molar-refractivity contribution in [2.45, 2.75) is 64.9 Å². The Kier molecular flexibility index (Phi) is 4.47. The SMILES string of the molecule is C=C1CC[C@@]2(C)c3c(cc(CC(C)O)c(OC)c3O)C(=O)C[C@@H]2C1(C)C. The van der Waals surface area contributed by atoms with Crippen molar-refractivity contribution >= 4 is 5.78 Å². The molecule has 3 rings (SSSR count). The Morgan fingerprint density at radius 3 is 2.62 bits per heavy atom. The molecule has 2 N–H and O–H groups in total. The Labute approximate surface area is 155 Å². The first-order chi connectivity index (χ1) is 12.0. The van der Waals surface area contributed by atoms with Crippen LogP contribution < -0.4 is 4.74 Å². The van der Waals surface area contributed by atoms with E-state index in [1.165, 1.54) is 12.7 Å². The molecule has 4 heteroatoms. The lowest BCUT2D eigenvalue weighted by Crippen LogP contribution is -2.50. The molecular weight excluding hydrogens is 328 g/mol. The van der Waals surface area contributed by atoms with Crippen LogP contribution in [0.3, 0.4) is 0 Å². The molecule has 1 aromatic rings. The van der Waals surface area contributed by atoms with Gasteiger partial charge < -0.3 is 14.9 Å². The van der Waals surface area contributed by atoms with Gasteiger partial charge in [0.05, 0.1) is 13.2 Å². The normalized spacial score (nSPS) is 28.3. The van der Waals surface area contributed by atoms with Crippen LogP contribution in [0.5, 0.6) is 11.5 Å². The van der Waals surface area contributed by atoms with Crippen LogP contribution in [0.15, 0.2) is 18.2 Å². The number of carbonyl (C=O) groups excluding carboxylic acids is 1. The molecule has 0 spiro atoms. The molecule has 3 atom stereocenters. The Morgan fingerprint density at radius 1 is 1.38 bits per heavy atom. The van der Waals surface area contributed by atoms with Gasteiger partial charge >= 0.3 is 0 Å². The summed E-state index contributed by atoms with van der Waals surface area (Å²) in [5.74, 6) is 0.579. The van der Waals surface area contributed by atoms with Gasteiger partial charge in [0, 0.05) is 34.9 Å². The highest BCUT2D eigenvalue weighted by Crippen LogP contribution is 2.61. The minimum Gasteiger partial charge on any atom is -0.504 e. The highest BCUT2D eigenvalue weighted by molar-refractivity contribution is 6.01. The average molecular weight is 358 g/mol. The number of benzene rings is 1. The summed E-state index contributed by atoms with van der Waals surface area (Å²) in [6, 6.07) is 1.82. The van der Waals surface area contributed by atoms with E-state index >= 15 is 0 Å². The van der Waals surface area contributed by atoms with Gasteiger partial charge in [-0.1, -0.05) is 32.9 Å². The van der Waals surface area contributed by atoms with E-state index in [0.717, 1.165) is 12.8 Å². The van der Waals surface area contributed by atoms with Crippen LogP contribution in [0, 0.1) is 11.3 Å². The smallest absolute Gasteiger partial charge is 0.164 e. The fourth-order valence-corrected chi connectivity index (χ4v) is 5.23. The number of phenolic OH excluding ortho intramolecular Hbond substituents is 1. The summed E-state index contributed by atoms with van der Waals surface area (Å²) in [6.45, 7) is 12.4. The third kappa shape index (κ3) is 2.58. The summed E-state index contributed by atoms with van der Waals surface area (Å²) in [6.07, 6.45) is 1.94. The zero-order valence-corrected chi connectivity index (χ0v) is 16.5. The van der Waals surface area contributed by atoms with Gasteiger partial charge in [-0.05, 0) is 37.2 Å². The summed E-state index contributed by atoms with van der Waals surface area (Å²) in [5.41, 5.74) is 2.67. The lowest BCUT2D eigenvalue weighted by atomic mass is 9.49. The Balaban J connectivity index is 2.26. The third-order valence-corrected chi connectivity index (χ3v) is 6.81. The van der Waals surface area contributed by atoms with Crippen molar-refractivity contribution < 1.29 is 19.7 Å². The molecule has 1 unspecified atom stereocenters. The number of rotatable bonds is 3. The van der Waals surface area contributed by atoms with Crippen LogP contribution in [-0.2, 0) is 11.8 Å². The zero-order chi connectivity index (χ0) is 19.4. The van der Waals surface area contributed by atoms with Gasteiger partial charge in [-0.15, -0.1) is 0 Å². The fourth-order valence-electron chi connectivity index (χ4n) is 5.23. The Morgan fingerprint density at radius 2 is 2.04 bits per heavy atom. The summed E-state index contributed by atoms with van der Waals surface area (Å²) in [7, 11) is 1.52. The second kappa shape index (κ2) is 6.12. The van der Waals surface area contributed by atoms with Crippen molar-refractivity contribution in [3.63, 3.8) is 0 Å². The van der Waals surface area contributed by atoms with Crippen LogP contribution >= 0.6 is 0 Å². The van der Waals surface area contributed by atoms with Crippen molar-refractivity contribution in [3.05, 3.63) is 34.9 Å². The molecule has 0 radical (unpaired) electrons. The number of Topliss-reactive ketones (excluding diaryl/α,β-unsaturated/α-hetero) is 1. The van der Waals surface area contributed by atoms with E-state index in [2.05, 4.69) is 27.4 Å². The number of methoxy groups -OCH3 is 1. The van der Waals surface area contributed by atoms with Crippen molar-refractivity contribution in [2.24, 2.45) is 11.3 Å². The summed E-state index contributed by atoms with van der Waals surface area (Å²) < 4.78 is 5.49. The van der Waals surface area contributed by atoms with Crippen molar-refractivity contribution in [1.29, 1.82) is 0 Å². The van der Waals surface area contributed by atoms with Crippen molar-refractivity contribution in [3.8, 4) is 11.5 Å². The standard InChI is InChI=1S/C22H30O4/c1-12-7-8-22(5)17(21(12,3)4)11-16(24)15-10-14(9-13(2)23)20(26-6)19(25)18(15)22/h10,13,17,23,25H,1,7-9,11H2,2-6H3/t13?,17-,22-/m1/s1. The molecule has 0 heterocycles. The van der Waals surface area contributed by atoms with Crippen LogP contribution in [0.2, 0.25) is 0 Å². The number of ether oxygens (including phenoxy) is 1. The quantitative estimate of drug-likeness (QED) is 0.796. The first kappa shape index (κ1) is 19.0. The summed E-state index contributed by atoms with van der Waals surface area (Å²) in [4.78, 5) is 13.0. The van der Waals surface area contributed by atoms with Gasteiger partial charge in [0.25, 0.3) is 0 Å². The first-order valence-electron chi connectivity index (χ1n) is 9.36. The number of carbonyl (C=O) groups is 1. The lowest BCUT2D eigenvalue weighted by Gasteiger charge is -2.54. The second-order valence-electron chi connectivity index (χ2n) is 8.82. The molecule has 2 aliphatic rings. The minimum atomic E-state index is -0.583. The fraction of sp³-hybridized carbons (Fsp3) is 0.591. The lowest BCUT2D eigenvalue weighted by molar-refractivity contribution is 0.0635. The number of hydrogen-bond acceptors (Lipinski definition) is 4. The molecular formula is C22H30O4. The molecule has 0 aromatic heterocycles. The molecule has 26 heavy (non-hydrogen) atoms. The maximum absolute atomic E-state index is 13.0. The number of aliphatic hydroxyl groups is 1. The minimum absolute atomic E-state index is 0.0510. The number of allylic oxidation sites excluding steroid dienone is 1. The Hall–Kier alpha value is -1.81. The van der Waals surface area contributed by atoms with Gasteiger partial charge in [0.15, 0.2) is 17.3 Å². The largest absolute Gasteiger partial charge is 0.504 e. The summed E-state index contributed by atoms with van der Waals surface area (Å²) in [5, 5.41) is 20.9. The predicted octanol–water partition coefficient (Wildman–Crippen LogP) is 4.16. The van der Waals surface area contributed by atoms with Crippen LogP contribution in [0.4, 0.5) is 0 Å². The molecule has 142 valence electrons. The van der Waals surface area contributed by atoms with E-state index in [9.17, 15) is 15.0 Å². The van der Waals surface area contributed by atoms with Gasteiger partial charge in [-0.2, -0.15) is 0 Å². The number of phenols is 1. The van der Waals surface area contributed by atoms with Gasteiger partial charge in [-0.25, -0.2) is 0 Å². The Bertz CT molecular complexity index is 775. The van der Waals surface area contributed by atoms with E-state index in [-0.39, 0.29) is 28.3 Å². The number of aromatic hydroxyl groups is 1. The molecule has 0 bridgehead atoms. The number of aliphatic hydroxyl groups excluding tert-OH is 1. The monoisotopic (exact) mass is 358 g/mol. The van der Waals surface area contributed by atoms with E-state index in [1.54, 1.807) is 6.92 Å². The summed E-state index contributed by atoms with van der Waals surface area (Å²) >= 11 is 0. The highest BCUT2D eigenvalue weighted by Gasteiger charge is 2.54. The second-order valence-corrected chi connectivity index (χ2v) is 8.82. The first-order valence-corrected chi connectivity index (χ1v) is 9.36. The van der Waals surface area contributed by atoms with E-state index in [0.29, 0.717) is 35.3 Å². The number of fused-ring (bicyclic) bond motifs is 3. The van der Waals surface area contributed by atoms with Gasteiger partial charge in [-0.3, -0.25) is 4.79 Å². The van der Waals surface area contributed by atoms with E-state index in [4.69, 9.17) is 4.74 Å². The molecule has 0 saturated heterocycles. The van der Waals surface area contributed by atoms with E-state index in [1.807, 2.05) is 6.07 Å². The van der Waals surface area contributed by atoms with Crippen molar-refractivity contribution in [1.82, 2.24) is 0 Å². The van der Waals surface area contributed by atoms with Crippen LogP contribution in [0.25, 0.3) is 0 Å². The average Bonchev–Trinajstić information content (AvgIpc) is 2.54. The zero-order valence-electron chi connectivity index (χ0n) is 16.5. The molecule has 0 amide bonds. The maximum atomic E-state index is 13.0. The molecule has 4 nitrogen and oxygen atoms in total. The maximum Gasteiger partial charge on any atom is 0.164 e. The van der Waals surface area contributed by atoms with Crippen LogP contribution in [0.1, 0.15) is 68.4 Å². The molecule has 2 aliphatic carbocycles.